The summed E-state index contributed by atoms with van der Waals surface area (Å²) in [4.78, 5) is 22.7. The smallest absolute Gasteiger partial charge is 0.354 e. The number of nitrogens with zero attached hydrogens (tertiary/aromatic N) is 4. The summed E-state index contributed by atoms with van der Waals surface area (Å²) >= 11 is 11.2. The number of halogens is 2. The fraction of sp³-hybridized carbons (Fsp3) is 0.800. The van der Waals surface area contributed by atoms with Gasteiger partial charge in [-0.05, 0) is 0 Å². The van der Waals surface area contributed by atoms with E-state index in [9.17, 15) is 14.5 Å². The molecule has 1 aromatic rings. The van der Waals surface area contributed by atoms with E-state index in [1.807, 2.05) is 0 Å². The van der Waals surface area contributed by atoms with Gasteiger partial charge in [-0.2, -0.15) is 4.98 Å². The Hall–Kier alpha value is -0.900. The van der Waals surface area contributed by atoms with Crippen molar-refractivity contribution in [1.82, 2.24) is 24.3 Å². The first-order chi connectivity index (χ1) is 15.3. The van der Waals surface area contributed by atoms with Crippen LogP contribution in [0.3, 0.4) is 0 Å². The zero-order chi connectivity index (χ0) is 23.7. The predicted octanol–water partition coefficient (Wildman–Crippen LogP) is -0.439. The van der Waals surface area contributed by atoms with Gasteiger partial charge in [0.25, 0.3) is 0 Å². The van der Waals surface area contributed by atoms with Gasteiger partial charge in [0.05, 0.1) is 19.3 Å². The Morgan fingerprint density at radius 2 is 2.09 bits per heavy atom. The van der Waals surface area contributed by atoms with E-state index in [1.54, 1.807) is 0 Å². The molecule has 2 saturated heterocycles. The molecule has 6 N–H and O–H groups in total. The van der Waals surface area contributed by atoms with Gasteiger partial charge in [0.15, 0.2) is 6.23 Å². The van der Waals surface area contributed by atoms with Crippen LogP contribution >= 0.6 is 30.9 Å². The minimum atomic E-state index is -3.20. The molecule has 0 aliphatic carbocycles. The molecule has 184 valence electrons. The van der Waals surface area contributed by atoms with E-state index >= 15 is 0 Å². The molecule has 0 radical (unpaired) electrons. The second-order valence-corrected chi connectivity index (χ2v) is 9.60. The van der Waals surface area contributed by atoms with Crippen molar-refractivity contribution in [1.29, 1.82) is 0 Å². The molecule has 0 bridgehead atoms. The van der Waals surface area contributed by atoms with E-state index in [-0.39, 0.29) is 25.6 Å². The molecule has 14 nitrogen and oxygen atoms in total. The number of nitrogen functional groups attached to an aromatic ring is 1. The Bertz CT molecular complexity index is 816. The molecule has 5 atom stereocenters. The van der Waals surface area contributed by atoms with Gasteiger partial charge in [-0.25, -0.2) is 24.4 Å². The van der Waals surface area contributed by atoms with Crippen molar-refractivity contribution in [3.05, 3.63) is 16.8 Å². The average Bonchev–Trinajstić information content (AvgIpc) is 3.14. The van der Waals surface area contributed by atoms with Gasteiger partial charge in [0, 0.05) is 37.7 Å². The number of aliphatic hydroxyl groups excluding tert-OH is 2. The standard InChI is InChI=1S/C8H12N4O4.C7H15Cl2N2O4P/c9-7-10-3-12(8(15)11-7)6-1-4(14)5(2-13)16-6;8-2-4-11(5-3-9)16(13)10-7(15-12)1-6-14-16/h3-6,13-14H,1-2H2,(H2,9,11,15);7,12H,1-6H2,(H,10,13)/t4-,5+,6+;7-,16-/m01/s1. The normalized spacial score (nSPS) is 30.2. The van der Waals surface area contributed by atoms with Crippen LogP contribution < -0.4 is 16.5 Å². The number of nitrogens with two attached hydrogens (primary N) is 1. The summed E-state index contributed by atoms with van der Waals surface area (Å²) in [5.41, 5.74) is 4.65. The molecular weight excluding hydrogens is 494 g/mol. The Kier molecular flexibility index (Phi) is 11.2. The Labute approximate surface area is 193 Å². The summed E-state index contributed by atoms with van der Waals surface area (Å²) in [5.74, 6) is 0.520. The Balaban J connectivity index is 0.000000227. The van der Waals surface area contributed by atoms with Crippen molar-refractivity contribution in [2.24, 2.45) is 0 Å². The van der Waals surface area contributed by atoms with Crippen molar-refractivity contribution in [2.45, 2.75) is 37.5 Å². The van der Waals surface area contributed by atoms with E-state index < -0.39 is 38.0 Å². The highest BCUT2D eigenvalue weighted by atomic mass is 35.5. The zero-order valence-corrected chi connectivity index (χ0v) is 19.4. The number of aliphatic hydroxyl groups is 2. The maximum Gasteiger partial charge on any atom is 0.354 e. The number of anilines is 1. The number of alkyl halides is 2. The van der Waals surface area contributed by atoms with Crippen molar-refractivity contribution < 1.29 is 34.2 Å². The highest BCUT2D eigenvalue weighted by molar-refractivity contribution is 7.54. The molecule has 2 aliphatic heterocycles. The molecule has 3 heterocycles. The highest BCUT2D eigenvalue weighted by Gasteiger charge is 2.38. The van der Waals surface area contributed by atoms with E-state index in [4.69, 9.17) is 48.6 Å². The van der Waals surface area contributed by atoms with E-state index in [1.165, 1.54) is 11.0 Å². The maximum absolute atomic E-state index is 12.4. The van der Waals surface area contributed by atoms with Gasteiger partial charge >= 0.3 is 13.4 Å². The summed E-state index contributed by atoms with van der Waals surface area (Å²) in [6.07, 6.45) is -1.00. The molecule has 17 heteroatoms. The first-order valence-corrected chi connectivity index (χ1v) is 12.3. The third-order valence-corrected chi connectivity index (χ3v) is 7.21. The molecule has 2 aliphatic rings. The van der Waals surface area contributed by atoms with Crippen LogP contribution in [0, 0.1) is 0 Å². The van der Waals surface area contributed by atoms with Crippen molar-refractivity contribution in [2.75, 3.05) is 43.8 Å². The second-order valence-electron chi connectivity index (χ2n) is 6.72. The largest absolute Gasteiger partial charge is 0.394 e. The molecular formula is C15H27Cl2N6O8P. The topological polar surface area (TPSA) is 195 Å². The van der Waals surface area contributed by atoms with Gasteiger partial charge < -0.3 is 25.2 Å². The van der Waals surface area contributed by atoms with Crippen molar-refractivity contribution >= 4 is 36.8 Å². The lowest BCUT2D eigenvalue weighted by molar-refractivity contribution is -0.286. The third kappa shape index (κ3) is 7.30. The van der Waals surface area contributed by atoms with E-state index in [2.05, 4.69) is 19.9 Å². The van der Waals surface area contributed by atoms with Crippen LogP contribution in [-0.2, 0) is 18.7 Å². The molecule has 0 unspecified atom stereocenters. The maximum atomic E-state index is 12.4. The fourth-order valence-corrected chi connectivity index (χ4v) is 5.64. The number of ether oxygens (including phenoxy) is 1. The molecule has 0 saturated carbocycles. The second kappa shape index (κ2) is 13.1. The number of nitrogens with one attached hydrogen (secondary N) is 1. The first kappa shape index (κ1) is 27.3. The van der Waals surface area contributed by atoms with E-state index in [0.29, 0.717) is 31.3 Å². The van der Waals surface area contributed by atoms with Crippen LogP contribution in [0.15, 0.2) is 11.1 Å². The summed E-state index contributed by atoms with van der Waals surface area (Å²) in [6.45, 7) is 0.715. The zero-order valence-electron chi connectivity index (χ0n) is 17.0. The molecule has 0 aromatic carbocycles. The summed E-state index contributed by atoms with van der Waals surface area (Å²) in [6, 6.07) is 0. The third-order valence-electron chi connectivity index (χ3n) is 4.58. The summed E-state index contributed by atoms with van der Waals surface area (Å²) < 4.78 is 25.5. The SMILES string of the molecule is Nc1ncn([C@H]2C[C@H](O)[C@@H](CO)O2)c(=O)n1.O=[P@]1(N(CCCl)CCCl)N[C@H](OO)CCO1. The fourth-order valence-electron chi connectivity index (χ4n) is 2.98. The Morgan fingerprint density at radius 3 is 2.62 bits per heavy atom. The van der Waals surface area contributed by atoms with E-state index in [0.717, 1.165) is 4.57 Å². The summed E-state index contributed by atoms with van der Waals surface area (Å²) in [5, 5.41) is 29.6. The van der Waals surface area contributed by atoms with Gasteiger partial charge in [-0.1, -0.05) is 0 Å². The van der Waals surface area contributed by atoms with Crippen LogP contribution in [-0.4, -0.2) is 91.2 Å². The molecule has 1 aromatic heterocycles. The molecule has 3 rings (SSSR count). The highest BCUT2D eigenvalue weighted by Crippen LogP contribution is 2.49. The molecule has 32 heavy (non-hydrogen) atoms. The van der Waals surface area contributed by atoms with Gasteiger partial charge in [-0.3, -0.25) is 14.4 Å². The lowest BCUT2D eigenvalue weighted by Gasteiger charge is -2.35. The molecule has 0 amide bonds. The number of hydrogen-bond donors (Lipinski definition) is 5. The minimum absolute atomic E-state index is 0.112. The quantitative estimate of drug-likeness (QED) is 0.128. The van der Waals surface area contributed by atoms with Crippen LogP contribution in [0.4, 0.5) is 5.95 Å². The lowest BCUT2D eigenvalue weighted by atomic mass is 10.2. The first-order valence-electron chi connectivity index (χ1n) is 9.63. The van der Waals surface area contributed by atoms with Crippen LogP contribution in [0.1, 0.15) is 19.1 Å². The van der Waals surface area contributed by atoms with Crippen LogP contribution in [0.5, 0.6) is 0 Å². The molecule has 2 fully saturated rings. The number of rotatable bonds is 8. The molecule has 0 spiro atoms. The van der Waals surface area contributed by atoms with Crippen molar-refractivity contribution in [3.63, 3.8) is 0 Å². The monoisotopic (exact) mass is 520 g/mol. The van der Waals surface area contributed by atoms with Gasteiger partial charge in [-0.15, -0.1) is 23.2 Å². The van der Waals surface area contributed by atoms with Crippen LogP contribution in [0.25, 0.3) is 0 Å². The van der Waals surface area contributed by atoms with Gasteiger partial charge in [0.2, 0.25) is 5.95 Å². The number of hydrogen-bond acceptors (Lipinski definition) is 11. The predicted molar refractivity (Wildman–Crippen MR) is 114 cm³/mol. The van der Waals surface area contributed by atoms with Gasteiger partial charge in [0.1, 0.15) is 18.7 Å². The summed E-state index contributed by atoms with van der Waals surface area (Å²) in [7, 11) is -3.20. The average molecular weight is 521 g/mol. The van der Waals surface area contributed by atoms with Crippen LogP contribution in [0.2, 0.25) is 0 Å². The number of aromatic nitrogens is 3. The lowest BCUT2D eigenvalue weighted by Crippen LogP contribution is -2.42. The van der Waals surface area contributed by atoms with Crippen molar-refractivity contribution in [3.8, 4) is 0 Å². The minimum Gasteiger partial charge on any atom is -0.394 e. The Morgan fingerprint density at radius 1 is 1.41 bits per heavy atom.